The molecule has 3 rings (SSSR count). The first-order valence-corrected chi connectivity index (χ1v) is 11.0. The van der Waals surface area contributed by atoms with Crippen LogP contribution in [0.15, 0.2) is 51.9 Å². The van der Waals surface area contributed by atoms with E-state index in [9.17, 15) is 4.79 Å². The van der Waals surface area contributed by atoms with E-state index >= 15 is 0 Å². The molecule has 0 aliphatic rings. The molecule has 158 valence electrons. The van der Waals surface area contributed by atoms with Gasteiger partial charge in [-0.1, -0.05) is 33.3 Å². The minimum atomic E-state index is -0.333. The number of methoxy groups -OCH3 is 2. The first kappa shape index (κ1) is 22.3. The van der Waals surface area contributed by atoms with Crippen LogP contribution < -0.4 is 14.3 Å². The van der Waals surface area contributed by atoms with E-state index in [1.54, 1.807) is 26.4 Å². The fourth-order valence-corrected chi connectivity index (χ4v) is 4.52. The average Bonchev–Trinajstić information content (AvgIpc) is 3.08. The summed E-state index contributed by atoms with van der Waals surface area (Å²) < 4.78 is 20.1. The molecule has 0 aliphatic heterocycles. The molecule has 0 spiro atoms. The van der Waals surface area contributed by atoms with Crippen LogP contribution >= 0.6 is 27.3 Å². The molecule has 6 nitrogen and oxygen atoms in total. The predicted molar refractivity (Wildman–Crippen MR) is 123 cm³/mol. The maximum Gasteiger partial charge on any atom is 0.272 e. The van der Waals surface area contributed by atoms with Crippen molar-refractivity contribution in [3.8, 4) is 11.5 Å². The van der Waals surface area contributed by atoms with Crippen LogP contribution in [0.4, 0.5) is 0 Å². The predicted octanol–water partition coefficient (Wildman–Crippen LogP) is 4.66. The minimum Gasteiger partial charge on any atom is -0.493 e. The van der Waals surface area contributed by atoms with Crippen molar-refractivity contribution in [2.75, 3.05) is 27.4 Å². The summed E-state index contributed by atoms with van der Waals surface area (Å²) in [4.78, 5) is 17.5. The lowest BCUT2D eigenvalue weighted by Crippen LogP contribution is -2.19. The molecule has 0 aliphatic carbocycles. The van der Waals surface area contributed by atoms with Gasteiger partial charge in [-0.15, -0.1) is 0 Å². The molecule has 30 heavy (non-hydrogen) atoms. The summed E-state index contributed by atoms with van der Waals surface area (Å²) in [6.45, 7) is 3.79. The van der Waals surface area contributed by atoms with Gasteiger partial charge in [0.25, 0.3) is 5.91 Å². The molecule has 0 bridgehead atoms. The summed E-state index contributed by atoms with van der Waals surface area (Å²) in [7, 11) is 3.16. The number of hydrogen-bond donors (Lipinski definition) is 0. The molecule has 1 amide bonds. The lowest BCUT2D eigenvalue weighted by atomic mass is 10.2. The molecule has 3 aromatic rings. The molecule has 0 atom stereocenters. The second-order valence-corrected chi connectivity index (χ2v) is 8.17. The van der Waals surface area contributed by atoms with Gasteiger partial charge in [-0.25, -0.2) is 0 Å². The second-order valence-electron chi connectivity index (χ2n) is 6.24. The van der Waals surface area contributed by atoms with E-state index in [2.05, 4.69) is 20.9 Å². The Bertz CT molecular complexity index is 1130. The van der Waals surface area contributed by atoms with Crippen LogP contribution in [0.5, 0.6) is 11.5 Å². The van der Waals surface area contributed by atoms with Crippen LogP contribution in [0.1, 0.15) is 12.5 Å². The first-order chi connectivity index (χ1) is 14.5. The molecule has 0 unspecified atom stereocenters. The summed E-state index contributed by atoms with van der Waals surface area (Å²) in [5.74, 6) is 0.908. The van der Waals surface area contributed by atoms with E-state index in [4.69, 9.17) is 14.2 Å². The van der Waals surface area contributed by atoms with Crippen molar-refractivity contribution >= 4 is 49.5 Å². The number of halogens is 1. The van der Waals surface area contributed by atoms with E-state index < -0.39 is 0 Å². The Morgan fingerprint density at radius 3 is 2.70 bits per heavy atom. The summed E-state index contributed by atoms with van der Waals surface area (Å²) in [5, 5.41) is 0. The van der Waals surface area contributed by atoms with E-state index in [0.717, 1.165) is 20.3 Å². The zero-order valence-corrected chi connectivity index (χ0v) is 19.5. The topological polar surface area (TPSA) is 62.1 Å². The van der Waals surface area contributed by atoms with Crippen LogP contribution in [0, 0.1) is 0 Å². The van der Waals surface area contributed by atoms with Gasteiger partial charge in [0.05, 0.1) is 31.0 Å². The van der Waals surface area contributed by atoms with Crippen molar-refractivity contribution < 1.29 is 19.0 Å². The fraction of sp³-hybridized carbons (Fsp3) is 0.273. The van der Waals surface area contributed by atoms with E-state index in [0.29, 0.717) is 36.1 Å². The Morgan fingerprint density at radius 1 is 1.17 bits per heavy atom. The number of ether oxygens (including phenoxy) is 3. The quantitative estimate of drug-likeness (QED) is 0.340. The van der Waals surface area contributed by atoms with Gasteiger partial charge >= 0.3 is 0 Å². The Balaban J connectivity index is 1.90. The summed E-state index contributed by atoms with van der Waals surface area (Å²) in [5.41, 5.74) is 1.85. The number of rotatable bonds is 8. The Hall–Kier alpha value is -2.42. The summed E-state index contributed by atoms with van der Waals surface area (Å²) >= 11 is 4.98. The number of nitrogens with zero attached hydrogens (tertiary/aromatic N) is 2. The highest BCUT2D eigenvalue weighted by Crippen LogP contribution is 2.28. The zero-order valence-electron chi connectivity index (χ0n) is 17.1. The number of hydrogen-bond acceptors (Lipinski definition) is 5. The van der Waals surface area contributed by atoms with Gasteiger partial charge < -0.3 is 18.8 Å². The van der Waals surface area contributed by atoms with Crippen LogP contribution in [-0.2, 0) is 16.1 Å². The Kier molecular flexibility index (Phi) is 7.84. The van der Waals surface area contributed by atoms with Crippen molar-refractivity contribution in [2.45, 2.75) is 13.5 Å². The number of aromatic nitrogens is 1. The molecule has 0 fully saturated rings. The van der Waals surface area contributed by atoms with Crippen molar-refractivity contribution in [3.63, 3.8) is 0 Å². The lowest BCUT2D eigenvalue weighted by molar-refractivity contribution is -0.113. The standard InChI is InChI=1S/C22H23BrN2O4S/c1-4-29-12-11-25-17-8-7-16(23)14-20(17)30-22(25)24-21(26)10-6-15-5-9-18(27-2)19(13-15)28-3/h5-10,13-14H,4,11-12H2,1-3H3. The van der Waals surface area contributed by atoms with Crippen molar-refractivity contribution in [3.05, 3.63) is 57.3 Å². The van der Waals surface area contributed by atoms with E-state index in [-0.39, 0.29) is 5.91 Å². The molecular weight excluding hydrogens is 468 g/mol. The van der Waals surface area contributed by atoms with Crippen molar-refractivity contribution in [1.29, 1.82) is 0 Å². The third-order valence-electron chi connectivity index (χ3n) is 4.34. The maximum absolute atomic E-state index is 12.5. The second kappa shape index (κ2) is 10.6. The largest absolute Gasteiger partial charge is 0.493 e. The van der Waals surface area contributed by atoms with Crippen LogP contribution in [0.3, 0.4) is 0 Å². The average molecular weight is 491 g/mol. The summed E-state index contributed by atoms with van der Waals surface area (Å²) in [6, 6.07) is 11.5. The lowest BCUT2D eigenvalue weighted by Gasteiger charge is -2.07. The number of carbonyl (C=O) groups excluding carboxylic acids is 1. The fourth-order valence-electron chi connectivity index (χ4n) is 2.90. The van der Waals surface area contributed by atoms with Gasteiger partial charge in [0.15, 0.2) is 16.3 Å². The smallest absolute Gasteiger partial charge is 0.272 e. The van der Waals surface area contributed by atoms with Crippen molar-refractivity contribution in [1.82, 2.24) is 4.57 Å². The third-order valence-corrected chi connectivity index (χ3v) is 5.87. The molecule has 0 N–H and O–H groups in total. The number of thiazole rings is 1. The molecule has 2 aromatic carbocycles. The summed E-state index contributed by atoms with van der Waals surface area (Å²) in [6.07, 6.45) is 3.16. The van der Waals surface area contributed by atoms with Crippen molar-refractivity contribution in [2.24, 2.45) is 4.99 Å². The van der Waals surface area contributed by atoms with Crippen LogP contribution in [-0.4, -0.2) is 37.9 Å². The number of fused-ring (bicyclic) bond motifs is 1. The third kappa shape index (κ3) is 5.38. The molecule has 0 saturated carbocycles. The van der Waals surface area contributed by atoms with Gasteiger partial charge in [-0.3, -0.25) is 4.79 Å². The maximum atomic E-state index is 12.5. The molecule has 0 saturated heterocycles. The van der Waals surface area contributed by atoms with Gasteiger partial charge in [-0.05, 0) is 48.9 Å². The highest BCUT2D eigenvalue weighted by Gasteiger charge is 2.08. The normalized spacial score (nSPS) is 12.1. The number of carbonyl (C=O) groups is 1. The van der Waals surface area contributed by atoms with Crippen LogP contribution in [0.25, 0.3) is 16.3 Å². The molecule has 0 radical (unpaired) electrons. The van der Waals surface area contributed by atoms with Gasteiger partial charge in [-0.2, -0.15) is 4.99 Å². The molecule has 1 heterocycles. The number of amides is 1. The Labute approximate surface area is 187 Å². The molecule has 1 aromatic heterocycles. The highest BCUT2D eigenvalue weighted by molar-refractivity contribution is 9.10. The van der Waals surface area contributed by atoms with Gasteiger partial charge in [0.2, 0.25) is 0 Å². The van der Waals surface area contributed by atoms with E-state index in [1.165, 1.54) is 17.4 Å². The molecule has 8 heteroatoms. The highest BCUT2D eigenvalue weighted by atomic mass is 79.9. The SMILES string of the molecule is CCOCCn1c(=NC(=O)C=Cc2ccc(OC)c(OC)c2)sc2cc(Br)ccc21. The van der Waals surface area contributed by atoms with Gasteiger partial charge in [0, 0.05) is 23.7 Å². The number of benzene rings is 2. The Morgan fingerprint density at radius 2 is 1.97 bits per heavy atom. The molecular formula is C22H23BrN2O4S. The zero-order chi connectivity index (χ0) is 21.5. The van der Waals surface area contributed by atoms with Crippen LogP contribution in [0.2, 0.25) is 0 Å². The van der Waals surface area contributed by atoms with Gasteiger partial charge in [0.1, 0.15) is 0 Å². The monoisotopic (exact) mass is 490 g/mol. The first-order valence-electron chi connectivity index (χ1n) is 9.41. The minimum absolute atomic E-state index is 0.333. The van der Waals surface area contributed by atoms with E-state index in [1.807, 2.05) is 41.8 Å².